The Hall–Kier alpha value is -2.06. The maximum absolute atomic E-state index is 9.28. The molecule has 0 aliphatic rings. The average Bonchev–Trinajstić information content (AvgIpc) is 2.45. The summed E-state index contributed by atoms with van der Waals surface area (Å²) < 4.78 is 5.82. The molecule has 0 fully saturated rings. The molecule has 0 aliphatic heterocycles. The van der Waals surface area contributed by atoms with Crippen LogP contribution in [0.15, 0.2) is 60.7 Å². The van der Waals surface area contributed by atoms with E-state index < -0.39 is 6.10 Å². The van der Waals surface area contributed by atoms with E-state index in [-0.39, 0.29) is 0 Å². The quantitative estimate of drug-likeness (QED) is 0.882. The Labute approximate surface area is 114 Å². The summed E-state index contributed by atoms with van der Waals surface area (Å²) in [5.74, 6) is 0.822. The van der Waals surface area contributed by atoms with Gasteiger partial charge in [0.25, 0.3) is 0 Å². The number of ether oxygens (including phenoxy) is 1. The van der Waals surface area contributed by atoms with E-state index in [0.29, 0.717) is 6.61 Å². The summed E-state index contributed by atoms with van der Waals surface area (Å²) in [6.45, 7) is 2.27. The van der Waals surface area contributed by atoms with Gasteiger partial charge in [-0.3, -0.25) is 0 Å². The number of aliphatic hydroxyl groups is 1. The molecule has 0 bridgehead atoms. The topological polar surface area (TPSA) is 29.5 Å². The standard InChI is InChI=1S/C17H18O2/c1-14(18)11-12-16-9-5-6-10-17(16)19-13-15-7-3-2-4-8-15/h2-12,14,18H,13H2,1H3/b12-11+. The molecule has 1 unspecified atom stereocenters. The number of para-hydroxylation sites is 1. The highest BCUT2D eigenvalue weighted by atomic mass is 16.5. The van der Waals surface area contributed by atoms with Crippen molar-refractivity contribution in [2.75, 3.05) is 0 Å². The molecule has 0 spiro atoms. The molecule has 1 atom stereocenters. The smallest absolute Gasteiger partial charge is 0.127 e. The molecule has 0 amide bonds. The number of benzene rings is 2. The zero-order valence-electron chi connectivity index (χ0n) is 11.0. The Kier molecular flexibility index (Phi) is 4.76. The van der Waals surface area contributed by atoms with Crippen molar-refractivity contribution in [1.82, 2.24) is 0 Å². The first-order valence-corrected chi connectivity index (χ1v) is 6.38. The minimum atomic E-state index is -0.456. The van der Waals surface area contributed by atoms with Crippen LogP contribution in [-0.2, 0) is 6.61 Å². The minimum absolute atomic E-state index is 0.456. The lowest BCUT2D eigenvalue weighted by Gasteiger charge is -2.09. The third-order valence-electron chi connectivity index (χ3n) is 2.71. The van der Waals surface area contributed by atoms with Crippen molar-refractivity contribution < 1.29 is 9.84 Å². The lowest BCUT2D eigenvalue weighted by atomic mass is 10.1. The van der Waals surface area contributed by atoms with Crippen molar-refractivity contribution >= 4 is 6.08 Å². The highest BCUT2D eigenvalue weighted by molar-refractivity contribution is 5.57. The molecule has 0 saturated heterocycles. The second kappa shape index (κ2) is 6.76. The molecule has 2 aromatic carbocycles. The largest absolute Gasteiger partial charge is 0.488 e. The molecular weight excluding hydrogens is 236 g/mol. The van der Waals surface area contributed by atoms with Gasteiger partial charge in [0.15, 0.2) is 0 Å². The second-order valence-electron chi connectivity index (χ2n) is 4.41. The highest BCUT2D eigenvalue weighted by Gasteiger charge is 2.00. The molecule has 2 heteroatoms. The van der Waals surface area contributed by atoms with Crippen LogP contribution >= 0.6 is 0 Å². The van der Waals surface area contributed by atoms with Crippen LogP contribution in [0.2, 0.25) is 0 Å². The molecule has 2 aromatic rings. The van der Waals surface area contributed by atoms with Gasteiger partial charge in [0.05, 0.1) is 6.10 Å². The number of hydrogen-bond donors (Lipinski definition) is 1. The van der Waals surface area contributed by atoms with E-state index in [1.165, 1.54) is 0 Å². The first kappa shape index (κ1) is 13.4. The van der Waals surface area contributed by atoms with Gasteiger partial charge in [-0.1, -0.05) is 60.7 Å². The van der Waals surface area contributed by atoms with Gasteiger partial charge < -0.3 is 9.84 Å². The zero-order valence-corrected chi connectivity index (χ0v) is 11.0. The van der Waals surface area contributed by atoms with Gasteiger partial charge in [-0.05, 0) is 18.6 Å². The van der Waals surface area contributed by atoms with Crippen molar-refractivity contribution in [3.63, 3.8) is 0 Å². The van der Waals surface area contributed by atoms with Crippen molar-refractivity contribution in [3.8, 4) is 5.75 Å². The molecule has 0 radical (unpaired) electrons. The van der Waals surface area contributed by atoms with Crippen molar-refractivity contribution in [2.24, 2.45) is 0 Å². The van der Waals surface area contributed by atoms with Gasteiger partial charge in [0.2, 0.25) is 0 Å². The maximum atomic E-state index is 9.28. The normalized spacial score (nSPS) is 12.5. The minimum Gasteiger partial charge on any atom is -0.488 e. The van der Waals surface area contributed by atoms with Crippen molar-refractivity contribution in [3.05, 3.63) is 71.8 Å². The van der Waals surface area contributed by atoms with E-state index in [4.69, 9.17) is 4.74 Å². The molecule has 19 heavy (non-hydrogen) atoms. The summed E-state index contributed by atoms with van der Waals surface area (Å²) >= 11 is 0. The van der Waals surface area contributed by atoms with Crippen LogP contribution < -0.4 is 4.74 Å². The molecule has 0 aliphatic carbocycles. The number of rotatable bonds is 5. The second-order valence-corrected chi connectivity index (χ2v) is 4.41. The Bertz CT molecular complexity index is 530. The summed E-state index contributed by atoms with van der Waals surface area (Å²) in [5.41, 5.74) is 2.11. The zero-order chi connectivity index (χ0) is 13.5. The fourth-order valence-corrected chi connectivity index (χ4v) is 1.73. The Morgan fingerprint density at radius 3 is 2.47 bits per heavy atom. The van der Waals surface area contributed by atoms with Crippen LogP contribution in [0.25, 0.3) is 6.08 Å². The SMILES string of the molecule is CC(O)/C=C/c1ccccc1OCc1ccccc1. The first-order chi connectivity index (χ1) is 9.25. The Balaban J connectivity index is 2.08. The lowest BCUT2D eigenvalue weighted by molar-refractivity contribution is 0.245. The van der Waals surface area contributed by atoms with Gasteiger partial charge >= 0.3 is 0 Å². The first-order valence-electron chi connectivity index (χ1n) is 6.38. The van der Waals surface area contributed by atoms with Crippen molar-refractivity contribution in [1.29, 1.82) is 0 Å². The van der Waals surface area contributed by atoms with E-state index >= 15 is 0 Å². The third kappa shape index (κ3) is 4.27. The van der Waals surface area contributed by atoms with Crippen LogP contribution in [0.3, 0.4) is 0 Å². The van der Waals surface area contributed by atoms with Gasteiger partial charge in [-0.2, -0.15) is 0 Å². The van der Waals surface area contributed by atoms with Gasteiger partial charge in [-0.15, -0.1) is 0 Å². The van der Waals surface area contributed by atoms with Crippen LogP contribution in [-0.4, -0.2) is 11.2 Å². The fourth-order valence-electron chi connectivity index (χ4n) is 1.73. The maximum Gasteiger partial charge on any atom is 0.127 e. The number of aliphatic hydroxyl groups excluding tert-OH is 1. The number of hydrogen-bond acceptors (Lipinski definition) is 2. The Morgan fingerprint density at radius 2 is 1.74 bits per heavy atom. The van der Waals surface area contributed by atoms with E-state index in [1.807, 2.05) is 60.7 Å². The molecular formula is C17H18O2. The highest BCUT2D eigenvalue weighted by Crippen LogP contribution is 2.21. The lowest BCUT2D eigenvalue weighted by Crippen LogP contribution is -1.97. The summed E-state index contributed by atoms with van der Waals surface area (Å²) in [6, 6.07) is 17.9. The van der Waals surface area contributed by atoms with Gasteiger partial charge in [0, 0.05) is 5.56 Å². The molecule has 1 N–H and O–H groups in total. The van der Waals surface area contributed by atoms with Crippen LogP contribution in [0.5, 0.6) is 5.75 Å². The molecule has 0 aromatic heterocycles. The van der Waals surface area contributed by atoms with Crippen molar-refractivity contribution in [2.45, 2.75) is 19.6 Å². The van der Waals surface area contributed by atoms with E-state index in [0.717, 1.165) is 16.9 Å². The van der Waals surface area contributed by atoms with Gasteiger partial charge in [-0.25, -0.2) is 0 Å². The summed E-state index contributed by atoms with van der Waals surface area (Å²) in [6.07, 6.45) is 3.16. The molecule has 98 valence electrons. The fraction of sp³-hybridized carbons (Fsp3) is 0.176. The Morgan fingerprint density at radius 1 is 1.05 bits per heavy atom. The molecule has 2 nitrogen and oxygen atoms in total. The molecule has 0 saturated carbocycles. The van der Waals surface area contributed by atoms with Gasteiger partial charge in [0.1, 0.15) is 12.4 Å². The third-order valence-corrected chi connectivity index (χ3v) is 2.71. The summed E-state index contributed by atoms with van der Waals surface area (Å²) in [4.78, 5) is 0. The summed E-state index contributed by atoms with van der Waals surface area (Å²) in [7, 11) is 0. The predicted octanol–water partition coefficient (Wildman–Crippen LogP) is 3.66. The predicted molar refractivity (Wildman–Crippen MR) is 77.9 cm³/mol. The van der Waals surface area contributed by atoms with E-state index in [1.54, 1.807) is 13.0 Å². The van der Waals surface area contributed by atoms with Crippen LogP contribution in [0, 0.1) is 0 Å². The van der Waals surface area contributed by atoms with Crippen LogP contribution in [0.1, 0.15) is 18.1 Å². The average molecular weight is 254 g/mol. The summed E-state index contributed by atoms with van der Waals surface area (Å²) in [5, 5.41) is 9.28. The monoisotopic (exact) mass is 254 g/mol. The van der Waals surface area contributed by atoms with Crippen LogP contribution in [0.4, 0.5) is 0 Å². The van der Waals surface area contributed by atoms with E-state index in [9.17, 15) is 5.11 Å². The molecule has 2 rings (SSSR count). The molecule has 0 heterocycles. The van der Waals surface area contributed by atoms with E-state index in [2.05, 4.69) is 0 Å².